The molecule has 0 aliphatic heterocycles. The smallest absolute Gasteiger partial charge is 0.131 e. The fraction of sp³-hybridized carbons (Fsp3) is 0.273. The van der Waals surface area contributed by atoms with Crippen molar-refractivity contribution in [1.82, 2.24) is 14.8 Å². The molecule has 0 fully saturated rings. The van der Waals surface area contributed by atoms with Gasteiger partial charge in [-0.15, -0.1) is 0 Å². The second-order valence-corrected chi connectivity index (χ2v) is 4.28. The molecule has 0 unspecified atom stereocenters. The summed E-state index contributed by atoms with van der Waals surface area (Å²) in [5, 5.41) is 4.86. The summed E-state index contributed by atoms with van der Waals surface area (Å²) in [6.07, 6.45) is 1.63. The van der Waals surface area contributed by atoms with Crippen molar-refractivity contribution in [1.29, 1.82) is 0 Å². The molecular weight excluding hydrogens is 224 g/mol. The number of halogens is 1. The zero-order valence-corrected chi connectivity index (χ0v) is 9.94. The molecule has 0 aliphatic carbocycles. The third-order valence-electron chi connectivity index (χ3n) is 2.30. The maximum absolute atomic E-state index is 5.90. The normalized spacial score (nSPS) is 11.0. The highest BCUT2D eigenvalue weighted by Gasteiger charge is 2.09. The number of anilines is 1. The van der Waals surface area contributed by atoms with Crippen LogP contribution in [0.5, 0.6) is 0 Å². The fourth-order valence-corrected chi connectivity index (χ4v) is 1.60. The van der Waals surface area contributed by atoms with E-state index in [-0.39, 0.29) is 0 Å². The average Bonchev–Trinajstić information content (AvgIpc) is 2.60. The average molecular weight is 237 g/mol. The summed E-state index contributed by atoms with van der Waals surface area (Å²) in [6.45, 7) is 4.15. The largest absolute Gasteiger partial charge is 0.384 e. The molecule has 0 atom stereocenters. The summed E-state index contributed by atoms with van der Waals surface area (Å²) >= 11 is 5.82. The van der Waals surface area contributed by atoms with E-state index in [0.717, 1.165) is 11.4 Å². The zero-order chi connectivity index (χ0) is 11.7. The highest BCUT2D eigenvalue weighted by molar-refractivity contribution is 6.29. The van der Waals surface area contributed by atoms with Crippen molar-refractivity contribution >= 4 is 17.4 Å². The molecule has 2 heterocycles. The molecule has 4 nitrogen and oxygen atoms in total. The Balaban J connectivity index is 2.48. The van der Waals surface area contributed by atoms with Gasteiger partial charge in [0.15, 0.2) is 0 Å². The van der Waals surface area contributed by atoms with E-state index in [4.69, 9.17) is 17.3 Å². The lowest BCUT2D eigenvalue weighted by atomic mass is 10.1. The molecule has 0 aromatic carbocycles. The molecule has 5 heteroatoms. The van der Waals surface area contributed by atoms with Crippen molar-refractivity contribution in [2.45, 2.75) is 19.8 Å². The van der Waals surface area contributed by atoms with Crippen LogP contribution in [0, 0.1) is 0 Å². The summed E-state index contributed by atoms with van der Waals surface area (Å²) in [4.78, 5) is 3.92. The molecule has 0 amide bonds. The molecular formula is C11H13ClN4. The Morgan fingerprint density at radius 1 is 1.38 bits per heavy atom. The molecule has 0 saturated carbocycles. The van der Waals surface area contributed by atoms with Gasteiger partial charge in [0, 0.05) is 18.3 Å². The van der Waals surface area contributed by atoms with E-state index in [0.29, 0.717) is 16.9 Å². The Bertz CT molecular complexity index is 504. The number of nitrogens with two attached hydrogens (primary N) is 1. The van der Waals surface area contributed by atoms with Crippen LogP contribution in [-0.4, -0.2) is 14.8 Å². The van der Waals surface area contributed by atoms with Crippen LogP contribution in [0.15, 0.2) is 24.4 Å². The van der Waals surface area contributed by atoms with Crippen molar-refractivity contribution in [3.63, 3.8) is 0 Å². The number of hydrogen-bond donors (Lipinski definition) is 1. The van der Waals surface area contributed by atoms with E-state index < -0.39 is 0 Å². The van der Waals surface area contributed by atoms with Gasteiger partial charge in [0.05, 0.1) is 11.4 Å². The van der Waals surface area contributed by atoms with Gasteiger partial charge >= 0.3 is 0 Å². The van der Waals surface area contributed by atoms with Crippen molar-refractivity contribution in [3.05, 3.63) is 35.2 Å². The lowest BCUT2D eigenvalue weighted by Crippen LogP contribution is -2.02. The maximum Gasteiger partial charge on any atom is 0.131 e. The van der Waals surface area contributed by atoms with E-state index in [9.17, 15) is 0 Å². The minimum absolute atomic E-state index is 0.348. The Kier molecular flexibility index (Phi) is 2.83. The lowest BCUT2D eigenvalue weighted by molar-refractivity contribution is 0.770. The van der Waals surface area contributed by atoms with Crippen LogP contribution in [0.3, 0.4) is 0 Å². The number of hydrogen-bond acceptors (Lipinski definition) is 3. The highest BCUT2D eigenvalue weighted by Crippen LogP contribution is 2.20. The summed E-state index contributed by atoms with van der Waals surface area (Å²) < 4.78 is 1.67. The highest BCUT2D eigenvalue weighted by atomic mass is 35.5. The molecule has 0 radical (unpaired) electrons. The third-order valence-corrected chi connectivity index (χ3v) is 2.51. The molecule has 2 aromatic heterocycles. The van der Waals surface area contributed by atoms with Gasteiger partial charge < -0.3 is 5.73 Å². The minimum Gasteiger partial charge on any atom is -0.384 e. The van der Waals surface area contributed by atoms with Crippen LogP contribution in [0.25, 0.3) is 5.69 Å². The van der Waals surface area contributed by atoms with Gasteiger partial charge in [-0.2, -0.15) is 5.10 Å². The zero-order valence-electron chi connectivity index (χ0n) is 9.18. The number of nitrogen functional groups attached to an aromatic ring is 1. The van der Waals surface area contributed by atoms with Gasteiger partial charge in [0.25, 0.3) is 0 Å². The Morgan fingerprint density at radius 3 is 2.69 bits per heavy atom. The monoisotopic (exact) mass is 236 g/mol. The Labute approximate surface area is 99.1 Å². The molecule has 2 N–H and O–H groups in total. The molecule has 0 bridgehead atoms. The molecule has 84 valence electrons. The van der Waals surface area contributed by atoms with Crippen molar-refractivity contribution in [2.24, 2.45) is 0 Å². The van der Waals surface area contributed by atoms with Crippen molar-refractivity contribution in [2.75, 3.05) is 5.73 Å². The first-order valence-corrected chi connectivity index (χ1v) is 5.43. The van der Waals surface area contributed by atoms with E-state index in [2.05, 4.69) is 23.9 Å². The van der Waals surface area contributed by atoms with E-state index in [1.165, 1.54) is 0 Å². The van der Waals surface area contributed by atoms with E-state index in [1.54, 1.807) is 16.9 Å². The van der Waals surface area contributed by atoms with Gasteiger partial charge in [0.2, 0.25) is 0 Å². The molecule has 0 spiro atoms. The summed E-state index contributed by atoms with van der Waals surface area (Å²) in [7, 11) is 0. The van der Waals surface area contributed by atoms with Crippen LogP contribution in [0.2, 0.25) is 5.15 Å². The summed E-state index contributed by atoms with van der Waals surface area (Å²) in [6, 6.07) is 5.42. The fourth-order valence-electron chi connectivity index (χ4n) is 1.43. The van der Waals surface area contributed by atoms with Crippen LogP contribution in [-0.2, 0) is 0 Å². The molecule has 2 aromatic rings. The van der Waals surface area contributed by atoms with Gasteiger partial charge in [-0.3, -0.25) is 0 Å². The number of aromatic nitrogens is 3. The SMILES string of the molecule is CC(C)c1cc(N)n(-c2ccnc(Cl)c2)n1. The van der Waals surface area contributed by atoms with Crippen LogP contribution in [0.4, 0.5) is 5.82 Å². The van der Waals surface area contributed by atoms with Crippen LogP contribution >= 0.6 is 11.6 Å². The second-order valence-electron chi connectivity index (χ2n) is 3.90. The quantitative estimate of drug-likeness (QED) is 0.816. The van der Waals surface area contributed by atoms with Crippen LogP contribution in [0.1, 0.15) is 25.5 Å². The molecule has 16 heavy (non-hydrogen) atoms. The number of rotatable bonds is 2. The third kappa shape index (κ3) is 2.02. The maximum atomic E-state index is 5.90. The predicted molar refractivity (Wildman–Crippen MR) is 64.9 cm³/mol. The first kappa shape index (κ1) is 11.0. The Morgan fingerprint density at radius 2 is 2.12 bits per heavy atom. The molecule has 0 aliphatic rings. The first-order valence-electron chi connectivity index (χ1n) is 5.05. The van der Waals surface area contributed by atoms with Gasteiger partial charge in [0.1, 0.15) is 11.0 Å². The summed E-state index contributed by atoms with van der Waals surface area (Å²) in [5.41, 5.74) is 7.69. The standard InChI is InChI=1S/C11H13ClN4/c1-7(2)9-6-11(13)16(15-9)8-3-4-14-10(12)5-8/h3-7H,13H2,1-2H3. The minimum atomic E-state index is 0.348. The molecule has 0 saturated heterocycles. The number of pyridine rings is 1. The van der Waals surface area contributed by atoms with E-state index in [1.807, 2.05) is 12.1 Å². The summed E-state index contributed by atoms with van der Waals surface area (Å²) in [5.74, 6) is 0.951. The van der Waals surface area contributed by atoms with Crippen LogP contribution < -0.4 is 5.73 Å². The first-order chi connectivity index (χ1) is 7.58. The van der Waals surface area contributed by atoms with Gasteiger partial charge in [-0.25, -0.2) is 9.67 Å². The predicted octanol–water partition coefficient (Wildman–Crippen LogP) is 2.63. The van der Waals surface area contributed by atoms with Crippen molar-refractivity contribution in [3.8, 4) is 5.69 Å². The van der Waals surface area contributed by atoms with Gasteiger partial charge in [-0.1, -0.05) is 25.4 Å². The number of nitrogens with zero attached hydrogens (tertiary/aromatic N) is 3. The lowest BCUT2D eigenvalue weighted by Gasteiger charge is -2.03. The topological polar surface area (TPSA) is 56.7 Å². The molecule has 2 rings (SSSR count). The van der Waals surface area contributed by atoms with E-state index >= 15 is 0 Å². The van der Waals surface area contributed by atoms with Gasteiger partial charge in [-0.05, 0) is 12.0 Å². The Hall–Kier alpha value is -1.55. The van der Waals surface area contributed by atoms with Crippen molar-refractivity contribution < 1.29 is 0 Å². The second kappa shape index (κ2) is 4.14.